The van der Waals surface area contributed by atoms with Crippen molar-refractivity contribution >= 4 is 23.4 Å². The number of rotatable bonds is 4. The van der Waals surface area contributed by atoms with E-state index in [0.29, 0.717) is 17.1 Å². The number of nitrogen functional groups attached to an aromatic ring is 1. The smallest absolute Gasteiger partial charge is 0.339 e. The molecule has 0 aliphatic rings. The molecule has 0 aliphatic heterocycles. The van der Waals surface area contributed by atoms with Crippen molar-refractivity contribution < 1.29 is 14.3 Å². The van der Waals surface area contributed by atoms with Crippen molar-refractivity contribution in [3.05, 3.63) is 42.1 Å². The molecule has 20 heavy (non-hydrogen) atoms. The van der Waals surface area contributed by atoms with Crippen molar-refractivity contribution in [2.45, 2.75) is 6.54 Å². The summed E-state index contributed by atoms with van der Waals surface area (Å²) in [5, 5.41) is 6.55. The van der Waals surface area contributed by atoms with Crippen LogP contribution in [0.4, 0.5) is 11.5 Å². The van der Waals surface area contributed by atoms with E-state index in [1.165, 1.54) is 11.8 Å². The molecule has 1 aromatic carbocycles. The number of anilines is 2. The second-order valence-corrected chi connectivity index (χ2v) is 4.02. The third-order valence-corrected chi connectivity index (χ3v) is 2.57. The monoisotopic (exact) mass is 274 g/mol. The number of amides is 1. The van der Waals surface area contributed by atoms with E-state index in [0.717, 1.165) is 0 Å². The highest BCUT2D eigenvalue weighted by Gasteiger charge is 2.13. The molecule has 1 amide bonds. The Labute approximate surface area is 115 Å². The lowest BCUT2D eigenvalue weighted by Gasteiger charge is -2.09. The maximum atomic E-state index is 11.9. The minimum absolute atomic E-state index is 0.00665. The zero-order valence-electron chi connectivity index (χ0n) is 10.9. The summed E-state index contributed by atoms with van der Waals surface area (Å²) in [6, 6.07) is 8.20. The number of hydrogen-bond acceptors (Lipinski definition) is 5. The molecule has 7 heteroatoms. The molecule has 2 rings (SSSR count). The van der Waals surface area contributed by atoms with Gasteiger partial charge in [-0.15, -0.1) is 0 Å². The van der Waals surface area contributed by atoms with Crippen LogP contribution in [-0.2, 0) is 16.1 Å². The first-order valence-electron chi connectivity index (χ1n) is 5.86. The highest BCUT2D eigenvalue weighted by molar-refractivity contribution is 6.01. The van der Waals surface area contributed by atoms with Crippen LogP contribution in [0.3, 0.4) is 0 Å². The predicted molar refractivity (Wildman–Crippen MR) is 73.1 cm³/mol. The van der Waals surface area contributed by atoms with Gasteiger partial charge in [-0.2, -0.15) is 5.10 Å². The van der Waals surface area contributed by atoms with Crippen LogP contribution < -0.4 is 11.1 Å². The van der Waals surface area contributed by atoms with Crippen LogP contribution in [0.15, 0.2) is 36.5 Å². The molecule has 104 valence electrons. The summed E-state index contributed by atoms with van der Waals surface area (Å²) in [6.45, 7) is 0.00665. The van der Waals surface area contributed by atoms with Crippen molar-refractivity contribution in [2.75, 3.05) is 18.2 Å². The van der Waals surface area contributed by atoms with Crippen LogP contribution >= 0.6 is 0 Å². The lowest BCUT2D eigenvalue weighted by Crippen LogP contribution is -2.20. The Morgan fingerprint density at radius 2 is 2.10 bits per heavy atom. The van der Waals surface area contributed by atoms with Gasteiger partial charge >= 0.3 is 5.97 Å². The van der Waals surface area contributed by atoms with Gasteiger partial charge in [0.1, 0.15) is 12.4 Å². The molecule has 2 aromatic rings. The summed E-state index contributed by atoms with van der Waals surface area (Å²) in [6.07, 6.45) is 1.60. The molecular weight excluding hydrogens is 260 g/mol. The Morgan fingerprint density at radius 1 is 1.35 bits per heavy atom. The molecule has 0 fully saturated rings. The average Bonchev–Trinajstić information content (AvgIpc) is 2.83. The number of methoxy groups -OCH3 is 1. The van der Waals surface area contributed by atoms with Gasteiger partial charge in [-0.3, -0.25) is 9.48 Å². The third-order valence-electron chi connectivity index (χ3n) is 2.57. The number of carbonyl (C=O) groups excluding carboxylic acids is 2. The Kier molecular flexibility index (Phi) is 3.99. The van der Waals surface area contributed by atoms with Crippen LogP contribution in [0.25, 0.3) is 0 Å². The Morgan fingerprint density at radius 3 is 2.75 bits per heavy atom. The minimum atomic E-state index is -0.510. The normalized spacial score (nSPS) is 10.1. The van der Waals surface area contributed by atoms with E-state index in [1.54, 1.807) is 36.5 Å². The highest BCUT2D eigenvalue weighted by Crippen LogP contribution is 2.16. The quantitative estimate of drug-likeness (QED) is 0.807. The maximum absolute atomic E-state index is 11.9. The lowest BCUT2D eigenvalue weighted by molar-refractivity contribution is -0.116. The number of nitrogens with one attached hydrogen (secondary N) is 1. The standard InChI is InChI=1S/C13H14N4O3/c1-20-13(19)9-4-2-3-5-10(9)15-12(18)8-17-7-6-11(14)16-17/h2-7H,8H2,1H3,(H2,14,16)(H,15,18). The van der Waals surface area contributed by atoms with Crippen LogP contribution in [0.2, 0.25) is 0 Å². The van der Waals surface area contributed by atoms with Crippen molar-refractivity contribution in [3.8, 4) is 0 Å². The van der Waals surface area contributed by atoms with E-state index >= 15 is 0 Å². The fourth-order valence-corrected chi connectivity index (χ4v) is 1.68. The highest BCUT2D eigenvalue weighted by atomic mass is 16.5. The number of para-hydroxylation sites is 1. The summed E-state index contributed by atoms with van der Waals surface area (Å²) in [4.78, 5) is 23.5. The number of nitrogens with zero attached hydrogens (tertiary/aromatic N) is 2. The topological polar surface area (TPSA) is 99.2 Å². The fourth-order valence-electron chi connectivity index (χ4n) is 1.68. The summed E-state index contributed by atoms with van der Waals surface area (Å²) in [7, 11) is 1.29. The first-order valence-corrected chi connectivity index (χ1v) is 5.86. The molecule has 0 unspecified atom stereocenters. The van der Waals surface area contributed by atoms with Crippen LogP contribution in [-0.4, -0.2) is 28.8 Å². The van der Waals surface area contributed by atoms with Gasteiger partial charge in [0.05, 0.1) is 18.4 Å². The Balaban J connectivity index is 2.10. The van der Waals surface area contributed by atoms with Gasteiger partial charge in [0, 0.05) is 6.20 Å². The molecule has 0 bridgehead atoms. The number of carbonyl (C=O) groups is 2. The van der Waals surface area contributed by atoms with Crippen LogP contribution in [0.1, 0.15) is 10.4 Å². The van der Waals surface area contributed by atoms with Gasteiger partial charge in [-0.05, 0) is 18.2 Å². The zero-order valence-corrected chi connectivity index (χ0v) is 10.9. The van der Waals surface area contributed by atoms with E-state index in [4.69, 9.17) is 5.73 Å². The van der Waals surface area contributed by atoms with E-state index in [-0.39, 0.29) is 12.5 Å². The second kappa shape index (κ2) is 5.87. The zero-order chi connectivity index (χ0) is 14.5. The molecule has 1 heterocycles. The first-order chi connectivity index (χ1) is 9.60. The SMILES string of the molecule is COC(=O)c1ccccc1NC(=O)Cn1ccc(N)n1. The van der Waals surface area contributed by atoms with Gasteiger partial charge in [-0.25, -0.2) is 4.79 Å². The molecule has 0 aliphatic carbocycles. The van der Waals surface area contributed by atoms with Gasteiger partial charge in [0.15, 0.2) is 0 Å². The van der Waals surface area contributed by atoms with Gasteiger partial charge in [0.25, 0.3) is 0 Å². The number of nitrogens with two attached hydrogens (primary N) is 1. The van der Waals surface area contributed by atoms with E-state index in [1.807, 2.05) is 0 Å². The Hall–Kier alpha value is -2.83. The molecule has 1 aromatic heterocycles. The minimum Gasteiger partial charge on any atom is -0.465 e. The summed E-state index contributed by atoms with van der Waals surface area (Å²) < 4.78 is 6.06. The number of benzene rings is 1. The van der Waals surface area contributed by atoms with Crippen molar-refractivity contribution in [3.63, 3.8) is 0 Å². The third kappa shape index (κ3) is 3.14. The summed E-state index contributed by atoms with van der Waals surface area (Å²) >= 11 is 0. The predicted octanol–water partition coefficient (Wildman–Crippen LogP) is 0.891. The molecule has 0 radical (unpaired) electrons. The summed E-state index contributed by atoms with van der Waals surface area (Å²) in [5.41, 5.74) is 6.15. The number of esters is 1. The molecule has 0 saturated heterocycles. The maximum Gasteiger partial charge on any atom is 0.339 e. The van der Waals surface area contributed by atoms with Gasteiger partial charge in [-0.1, -0.05) is 12.1 Å². The van der Waals surface area contributed by atoms with Gasteiger partial charge < -0.3 is 15.8 Å². The fraction of sp³-hybridized carbons (Fsp3) is 0.154. The first kappa shape index (κ1) is 13.6. The van der Waals surface area contributed by atoms with E-state index < -0.39 is 5.97 Å². The van der Waals surface area contributed by atoms with Crippen LogP contribution in [0.5, 0.6) is 0 Å². The molecule has 0 saturated carbocycles. The van der Waals surface area contributed by atoms with Crippen LogP contribution in [0, 0.1) is 0 Å². The van der Waals surface area contributed by atoms with Crippen molar-refractivity contribution in [1.29, 1.82) is 0 Å². The van der Waals surface area contributed by atoms with Crippen molar-refractivity contribution in [1.82, 2.24) is 9.78 Å². The van der Waals surface area contributed by atoms with E-state index in [2.05, 4.69) is 15.2 Å². The second-order valence-electron chi connectivity index (χ2n) is 4.02. The molecule has 7 nitrogen and oxygen atoms in total. The molecule has 0 atom stereocenters. The summed E-state index contributed by atoms with van der Waals surface area (Å²) in [5.74, 6) is -0.485. The van der Waals surface area contributed by atoms with E-state index in [9.17, 15) is 9.59 Å². The number of hydrogen-bond donors (Lipinski definition) is 2. The van der Waals surface area contributed by atoms with Crippen molar-refractivity contribution in [2.24, 2.45) is 0 Å². The molecule has 3 N–H and O–H groups in total. The largest absolute Gasteiger partial charge is 0.465 e. The molecular formula is C13H14N4O3. The lowest BCUT2D eigenvalue weighted by atomic mass is 10.2. The average molecular weight is 274 g/mol. The number of ether oxygens (including phenoxy) is 1. The van der Waals surface area contributed by atoms with Gasteiger partial charge in [0.2, 0.25) is 5.91 Å². The molecule has 0 spiro atoms. The Bertz CT molecular complexity index is 636. The number of aromatic nitrogens is 2.